The van der Waals surface area contributed by atoms with Gasteiger partial charge in [0.25, 0.3) is 0 Å². The van der Waals surface area contributed by atoms with Crippen LogP contribution in [0.4, 0.5) is 0 Å². The van der Waals surface area contributed by atoms with Crippen LogP contribution < -0.4 is 0 Å². The van der Waals surface area contributed by atoms with Gasteiger partial charge in [-0.25, -0.2) is 0 Å². The van der Waals surface area contributed by atoms with Crippen molar-refractivity contribution in [3.05, 3.63) is 0 Å². The third-order valence-corrected chi connectivity index (χ3v) is 2.17. The predicted molar refractivity (Wildman–Crippen MR) is 35.5 cm³/mol. The van der Waals surface area contributed by atoms with Gasteiger partial charge in [0, 0.05) is 13.5 Å². The van der Waals surface area contributed by atoms with Crippen molar-refractivity contribution in [1.82, 2.24) is 4.90 Å². The molecule has 3 heteroatoms. The van der Waals surface area contributed by atoms with Gasteiger partial charge in [-0.3, -0.25) is 4.79 Å². The van der Waals surface area contributed by atoms with Gasteiger partial charge in [0.1, 0.15) is 0 Å². The fourth-order valence-electron chi connectivity index (χ4n) is 1.53. The van der Waals surface area contributed by atoms with Crippen LogP contribution in [0.1, 0.15) is 13.3 Å². The van der Waals surface area contributed by atoms with Crippen LogP contribution in [0.3, 0.4) is 0 Å². The topological polar surface area (TPSA) is 29.5 Å². The molecule has 2 aliphatic rings. The van der Waals surface area contributed by atoms with Crippen molar-refractivity contribution in [3.63, 3.8) is 0 Å². The molecule has 56 valence electrons. The third kappa shape index (κ3) is 0.814. The van der Waals surface area contributed by atoms with Gasteiger partial charge in [-0.15, -0.1) is 0 Å². The van der Waals surface area contributed by atoms with E-state index in [1.165, 1.54) is 0 Å². The first-order valence-corrected chi connectivity index (χ1v) is 3.68. The molecule has 0 aromatic carbocycles. The lowest BCUT2D eigenvalue weighted by atomic mass is 10.4. The second-order valence-corrected chi connectivity index (χ2v) is 2.92. The van der Waals surface area contributed by atoms with E-state index in [2.05, 4.69) is 0 Å². The van der Waals surface area contributed by atoms with Crippen LogP contribution in [-0.4, -0.2) is 36.1 Å². The Bertz CT molecular complexity index is 169. The summed E-state index contributed by atoms with van der Waals surface area (Å²) >= 11 is 0. The molecule has 2 rings (SSSR count). The summed E-state index contributed by atoms with van der Waals surface area (Å²) < 4.78 is 5.34. The molecule has 3 nitrogen and oxygen atoms in total. The van der Waals surface area contributed by atoms with Gasteiger partial charge >= 0.3 is 0 Å². The van der Waals surface area contributed by atoms with Crippen molar-refractivity contribution in [2.75, 3.05) is 13.2 Å². The zero-order valence-corrected chi connectivity index (χ0v) is 6.04. The molecule has 0 unspecified atom stereocenters. The molecular weight excluding hydrogens is 130 g/mol. The molecule has 1 aliphatic heterocycles. The summed E-state index contributed by atoms with van der Waals surface area (Å²) in [6.45, 7) is 3.14. The fraction of sp³-hybridized carbons (Fsp3) is 0.857. The maximum Gasteiger partial charge on any atom is 0.219 e. The van der Waals surface area contributed by atoms with Crippen LogP contribution in [0.2, 0.25) is 0 Å². The van der Waals surface area contributed by atoms with E-state index in [1.807, 2.05) is 4.90 Å². The van der Waals surface area contributed by atoms with Gasteiger partial charge in [0.15, 0.2) is 0 Å². The van der Waals surface area contributed by atoms with Crippen molar-refractivity contribution >= 4 is 5.91 Å². The zero-order valence-electron chi connectivity index (χ0n) is 6.04. The van der Waals surface area contributed by atoms with Gasteiger partial charge in [-0.05, 0) is 6.42 Å². The number of carbonyl (C=O) groups excluding carboxylic acids is 1. The van der Waals surface area contributed by atoms with Gasteiger partial charge < -0.3 is 9.64 Å². The molecule has 1 amide bonds. The number of ether oxygens (including phenoxy) is 1. The van der Waals surface area contributed by atoms with Crippen molar-refractivity contribution in [2.24, 2.45) is 0 Å². The Morgan fingerprint density at radius 3 is 3.10 bits per heavy atom. The van der Waals surface area contributed by atoms with E-state index in [0.29, 0.717) is 12.1 Å². The van der Waals surface area contributed by atoms with Crippen LogP contribution >= 0.6 is 0 Å². The number of carbonyl (C=O) groups is 1. The molecule has 0 bridgehead atoms. The van der Waals surface area contributed by atoms with Crippen LogP contribution in [-0.2, 0) is 9.53 Å². The van der Waals surface area contributed by atoms with Crippen molar-refractivity contribution < 1.29 is 9.53 Å². The number of fused-ring (bicyclic) bond motifs is 1. The quantitative estimate of drug-likeness (QED) is 0.475. The minimum Gasteiger partial charge on any atom is -0.374 e. The Morgan fingerprint density at radius 2 is 2.50 bits per heavy atom. The fourth-order valence-corrected chi connectivity index (χ4v) is 1.53. The average Bonchev–Trinajstić information content (AvgIpc) is 2.63. The van der Waals surface area contributed by atoms with E-state index in [9.17, 15) is 4.79 Å². The molecule has 1 saturated heterocycles. The standard InChI is InChI=1S/C7H11NO2/c1-5(9)8-2-3-10-7-4-6(7)8/h6-7H,2-4H2,1H3/t6-,7+/m0/s1. The molecule has 1 aliphatic carbocycles. The minimum absolute atomic E-state index is 0.191. The van der Waals surface area contributed by atoms with E-state index in [4.69, 9.17) is 4.74 Å². The summed E-state index contributed by atoms with van der Waals surface area (Å²) in [5, 5.41) is 0. The highest BCUT2D eigenvalue weighted by Crippen LogP contribution is 2.34. The molecule has 2 atom stereocenters. The van der Waals surface area contributed by atoms with E-state index in [0.717, 1.165) is 19.6 Å². The van der Waals surface area contributed by atoms with Crippen molar-refractivity contribution in [3.8, 4) is 0 Å². The molecule has 0 radical (unpaired) electrons. The van der Waals surface area contributed by atoms with E-state index in [-0.39, 0.29) is 5.91 Å². The molecule has 10 heavy (non-hydrogen) atoms. The number of hydrogen-bond acceptors (Lipinski definition) is 2. The summed E-state index contributed by atoms with van der Waals surface area (Å²) in [5.74, 6) is 0.191. The average molecular weight is 141 g/mol. The largest absolute Gasteiger partial charge is 0.374 e. The van der Waals surface area contributed by atoms with Crippen LogP contribution in [0.15, 0.2) is 0 Å². The van der Waals surface area contributed by atoms with Gasteiger partial charge in [0.2, 0.25) is 5.91 Å². The smallest absolute Gasteiger partial charge is 0.219 e. The Kier molecular flexibility index (Phi) is 1.20. The lowest BCUT2D eigenvalue weighted by Crippen LogP contribution is -2.39. The molecular formula is C7H11NO2. The second kappa shape index (κ2) is 1.95. The highest BCUT2D eigenvalue weighted by molar-refractivity contribution is 5.74. The normalized spacial score (nSPS) is 37.1. The van der Waals surface area contributed by atoms with Gasteiger partial charge in [-0.1, -0.05) is 0 Å². The van der Waals surface area contributed by atoms with Crippen LogP contribution in [0, 0.1) is 0 Å². The van der Waals surface area contributed by atoms with Crippen LogP contribution in [0.5, 0.6) is 0 Å². The number of hydrogen-bond donors (Lipinski definition) is 0. The lowest BCUT2D eigenvalue weighted by Gasteiger charge is -2.24. The Balaban J connectivity index is 2.02. The molecule has 0 spiro atoms. The monoisotopic (exact) mass is 141 g/mol. The maximum atomic E-state index is 10.9. The van der Waals surface area contributed by atoms with E-state index < -0.39 is 0 Å². The summed E-state index contributed by atoms with van der Waals surface area (Å²) in [7, 11) is 0. The number of amides is 1. The highest BCUT2D eigenvalue weighted by atomic mass is 16.5. The molecule has 1 heterocycles. The Morgan fingerprint density at radius 1 is 1.70 bits per heavy atom. The summed E-state index contributed by atoms with van der Waals surface area (Å²) in [6.07, 6.45) is 1.43. The third-order valence-electron chi connectivity index (χ3n) is 2.17. The van der Waals surface area contributed by atoms with E-state index >= 15 is 0 Å². The highest BCUT2D eigenvalue weighted by Gasteiger charge is 2.46. The van der Waals surface area contributed by atoms with Crippen molar-refractivity contribution in [1.29, 1.82) is 0 Å². The molecule has 2 fully saturated rings. The molecule has 0 aromatic rings. The zero-order chi connectivity index (χ0) is 7.14. The second-order valence-electron chi connectivity index (χ2n) is 2.92. The molecule has 0 N–H and O–H groups in total. The minimum atomic E-state index is 0.191. The summed E-state index contributed by atoms with van der Waals surface area (Å²) in [5.41, 5.74) is 0. The van der Waals surface area contributed by atoms with Crippen LogP contribution in [0.25, 0.3) is 0 Å². The number of morpholine rings is 1. The molecule has 0 aromatic heterocycles. The number of rotatable bonds is 0. The predicted octanol–water partition coefficient (Wildman–Crippen LogP) is 0.00600. The van der Waals surface area contributed by atoms with Gasteiger partial charge in [0.05, 0.1) is 18.8 Å². The SMILES string of the molecule is CC(=O)N1CCO[C@@H]2C[C@@H]21. The van der Waals surface area contributed by atoms with E-state index in [1.54, 1.807) is 6.92 Å². The molecule has 1 saturated carbocycles. The van der Waals surface area contributed by atoms with Gasteiger partial charge in [-0.2, -0.15) is 0 Å². The van der Waals surface area contributed by atoms with Crippen molar-refractivity contribution in [2.45, 2.75) is 25.5 Å². The summed E-state index contributed by atoms with van der Waals surface area (Å²) in [6, 6.07) is 0.422. The Labute approximate surface area is 60.0 Å². The Hall–Kier alpha value is -0.570. The summed E-state index contributed by atoms with van der Waals surface area (Å²) in [4.78, 5) is 12.8. The maximum absolute atomic E-state index is 10.9. The first kappa shape index (κ1) is 6.16. The number of nitrogens with zero attached hydrogens (tertiary/aromatic N) is 1. The first-order chi connectivity index (χ1) is 4.79. The first-order valence-electron chi connectivity index (χ1n) is 3.68. The lowest BCUT2D eigenvalue weighted by molar-refractivity contribution is -0.133.